The number of carbonyl (C=O) groups is 3. The highest BCUT2D eigenvalue weighted by molar-refractivity contribution is 6.27. The molecule has 6 heteroatoms. The summed E-state index contributed by atoms with van der Waals surface area (Å²) < 4.78 is 0. The Hall–Kier alpha value is -3.41. The van der Waals surface area contributed by atoms with Gasteiger partial charge in [0.15, 0.2) is 0 Å². The Bertz CT molecular complexity index is 925. The van der Waals surface area contributed by atoms with E-state index in [1.807, 2.05) is 36.4 Å². The molecule has 0 radical (unpaired) electrons. The molecule has 2 aliphatic rings. The Morgan fingerprint density at radius 2 is 1.58 bits per heavy atom. The average Bonchev–Trinajstić information content (AvgIpc) is 3.05. The van der Waals surface area contributed by atoms with E-state index in [4.69, 9.17) is 0 Å². The van der Waals surface area contributed by atoms with Gasteiger partial charge >= 0.3 is 6.03 Å². The predicted octanol–water partition coefficient (Wildman–Crippen LogP) is 2.17. The predicted molar refractivity (Wildman–Crippen MR) is 96.2 cm³/mol. The monoisotopic (exact) mass is 347 g/mol. The first kappa shape index (κ1) is 16.1. The molecule has 0 saturated carbocycles. The lowest BCUT2D eigenvalue weighted by atomic mass is 9.91. The zero-order chi connectivity index (χ0) is 18.3. The van der Waals surface area contributed by atoms with E-state index in [2.05, 4.69) is 11.9 Å². The lowest BCUT2D eigenvalue weighted by Gasteiger charge is -2.22. The van der Waals surface area contributed by atoms with E-state index in [1.54, 1.807) is 23.1 Å². The molecule has 1 spiro atoms. The highest BCUT2D eigenvalue weighted by atomic mass is 16.2. The van der Waals surface area contributed by atoms with Crippen molar-refractivity contribution in [3.8, 4) is 0 Å². The molecule has 0 bridgehead atoms. The molecule has 1 unspecified atom stereocenters. The number of para-hydroxylation sites is 1. The van der Waals surface area contributed by atoms with Crippen LogP contribution >= 0.6 is 0 Å². The van der Waals surface area contributed by atoms with Gasteiger partial charge in [0.2, 0.25) is 5.54 Å². The topological polar surface area (TPSA) is 69.7 Å². The second-order valence-electron chi connectivity index (χ2n) is 6.28. The molecule has 2 heterocycles. The van der Waals surface area contributed by atoms with E-state index in [0.29, 0.717) is 17.8 Å². The lowest BCUT2D eigenvalue weighted by Crippen LogP contribution is -2.52. The molecule has 2 aliphatic heterocycles. The SMILES string of the molecule is C=CCN1C(=O)NC2(C1=O)C(=O)N(Cc1ccccc1)c1ccccc12. The molecule has 130 valence electrons. The van der Waals surface area contributed by atoms with Gasteiger partial charge in [-0.2, -0.15) is 0 Å². The molecular weight excluding hydrogens is 330 g/mol. The van der Waals surface area contributed by atoms with Crippen LogP contribution in [0.2, 0.25) is 0 Å². The van der Waals surface area contributed by atoms with Crippen LogP contribution in [0, 0.1) is 0 Å². The van der Waals surface area contributed by atoms with Gasteiger partial charge in [-0.05, 0) is 11.6 Å². The molecule has 1 saturated heterocycles. The molecule has 2 aromatic carbocycles. The summed E-state index contributed by atoms with van der Waals surface area (Å²) in [6.45, 7) is 3.95. The van der Waals surface area contributed by atoms with Crippen LogP contribution < -0.4 is 10.2 Å². The number of imide groups is 1. The summed E-state index contributed by atoms with van der Waals surface area (Å²) in [7, 11) is 0. The maximum Gasteiger partial charge on any atom is 0.326 e. The minimum absolute atomic E-state index is 0.0561. The highest BCUT2D eigenvalue weighted by Gasteiger charge is 2.63. The summed E-state index contributed by atoms with van der Waals surface area (Å²) in [6, 6.07) is 16.0. The van der Waals surface area contributed by atoms with Crippen molar-refractivity contribution in [2.75, 3.05) is 11.4 Å². The van der Waals surface area contributed by atoms with Crippen LogP contribution in [0.15, 0.2) is 67.3 Å². The molecule has 0 aliphatic carbocycles. The number of carbonyl (C=O) groups excluding carboxylic acids is 3. The normalized spacial score (nSPS) is 21.3. The highest BCUT2D eigenvalue weighted by Crippen LogP contribution is 2.44. The number of hydrogen-bond acceptors (Lipinski definition) is 3. The fraction of sp³-hybridized carbons (Fsp3) is 0.150. The van der Waals surface area contributed by atoms with Crippen LogP contribution in [-0.4, -0.2) is 29.3 Å². The molecule has 2 aromatic rings. The van der Waals surface area contributed by atoms with Crippen LogP contribution in [0.25, 0.3) is 0 Å². The van der Waals surface area contributed by atoms with Gasteiger partial charge < -0.3 is 10.2 Å². The van der Waals surface area contributed by atoms with Crippen molar-refractivity contribution in [2.24, 2.45) is 0 Å². The Kier molecular flexibility index (Phi) is 3.61. The molecule has 26 heavy (non-hydrogen) atoms. The number of benzene rings is 2. The van der Waals surface area contributed by atoms with E-state index in [1.165, 1.54) is 6.08 Å². The summed E-state index contributed by atoms with van der Waals surface area (Å²) in [5, 5.41) is 2.63. The number of urea groups is 1. The third-order valence-electron chi connectivity index (χ3n) is 4.77. The van der Waals surface area contributed by atoms with Crippen LogP contribution in [-0.2, 0) is 21.7 Å². The first-order valence-corrected chi connectivity index (χ1v) is 8.30. The van der Waals surface area contributed by atoms with Gasteiger partial charge in [0.1, 0.15) is 0 Å². The van der Waals surface area contributed by atoms with Crippen molar-refractivity contribution in [3.05, 3.63) is 78.4 Å². The van der Waals surface area contributed by atoms with Crippen molar-refractivity contribution in [3.63, 3.8) is 0 Å². The summed E-state index contributed by atoms with van der Waals surface area (Å²) >= 11 is 0. The average molecular weight is 347 g/mol. The number of anilines is 1. The number of fused-ring (bicyclic) bond motifs is 2. The van der Waals surface area contributed by atoms with Gasteiger partial charge in [-0.1, -0.05) is 54.6 Å². The smallest absolute Gasteiger partial charge is 0.311 e. The maximum absolute atomic E-state index is 13.3. The van der Waals surface area contributed by atoms with Gasteiger partial charge in [-0.3, -0.25) is 14.5 Å². The molecular formula is C20H17N3O3. The first-order valence-electron chi connectivity index (χ1n) is 8.30. The Labute approximate surface area is 150 Å². The number of amides is 4. The second-order valence-corrected chi connectivity index (χ2v) is 6.28. The molecule has 0 aromatic heterocycles. The van der Waals surface area contributed by atoms with Crippen molar-refractivity contribution >= 4 is 23.5 Å². The Balaban J connectivity index is 1.81. The minimum Gasteiger partial charge on any atom is -0.311 e. The van der Waals surface area contributed by atoms with Crippen molar-refractivity contribution < 1.29 is 14.4 Å². The number of nitrogens with zero attached hydrogens (tertiary/aromatic N) is 2. The molecule has 1 atom stereocenters. The van der Waals surface area contributed by atoms with Crippen LogP contribution in [0.3, 0.4) is 0 Å². The zero-order valence-corrected chi connectivity index (χ0v) is 14.0. The van der Waals surface area contributed by atoms with Crippen LogP contribution in [0.4, 0.5) is 10.5 Å². The summed E-state index contributed by atoms with van der Waals surface area (Å²) in [6.07, 6.45) is 1.46. The minimum atomic E-state index is -1.69. The van der Waals surface area contributed by atoms with Gasteiger partial charge in [0.25, 0.3) is 11.8 Å². The molecule has 1 N–H and O–H groups in total. The summed E-state index contributed by atoms with van der Waals surface area (Å²) in [5.74, 6) is -0.997. The lowest BCUT2D eigenvalue weighted by molar-refractivity contribution is -0.138. The number of hydrogen-bond donors (Lipinski definition) is 1. The van der Waals surface area contributed by atoms with Crippen LogP contribution in [0.1, 0.15) is 11.1 Å². The van der Waals surface area contributed by atoms with Gasteiger partial charge in [-0.15, -0.1) is 6.58 Å². The van der Waals surface area contributed by atoms with E-state index >= 15 is 0 Å². The largest absolute Gasteiger partial charge is 0.326 e. The van der Waals surface area contributed by atoms with Gasteiger partial charge in [-0.25, -0.2) is 4.79 Å². The van der Waals surface area contributed by atoms with Crippen LogP contribution in [0.5, 0.6) is 0 Å². The first-order chi connectivity index (χ1) is 12.6. The maximum atomic E-state index is 13.3. The third kappa shape index (κ3) is 2.08. The van der Waals surface area contributed by atoms with E-state index in [-0.39, 0.29) is 6.54 Å². The number of nitrogens with one attached hydrogen (secondary N) is 1. The van der Waals surface area contributed by atoms with E-state index in [0.717, 1.165) is 10.5 Å². The van der Waals surface area contributed by atoms with Gasteiger partial charge in [0, 0.05) is 12.1 Å². The van der Waals surface area contributed by atoms with E-state index < -0.39 is 23.4 Å². The van der Waals surface area contributed by atoms with Crippen molar-refractivity contribution in [2.45, 2.75) is 12.1 Å². The summed E-state index contributed by atoms with van der Waals surface area (Å²) in [4.78, 5) is 41.3. The second kappa shape index (κ2) is 5.84. The van der Waals surface area contributed by atoms with Gasteiger partial charge in [0.05, 0.1) is 12.2 Å². The van der Waals surface area contributed by atoms with Crippen molar-refractivity contribution in [1.82, 2.24) is 10.2 Å². The molecule has 4 rings (SSSR count). The standard InChI is InChI=1S/C20H17N3O3/c1-2-12-22-17(24)20(21-19(22)26)15-10-6-7-11-16(15)23(18(20)25)13-14-8-4-3-5-9-14/h2-11H,1,12-13H2,(H,21,26). The van der Waals surface area contributed by atoms with Crippen molar-refractivity contribution in [1.29, 1.82) is 0 Å². The summed E-state index contributed by atoms with van der Waals surface area (Å²) in [5.41, 5.74) is 0.389. The molecule has 1 fully saturated rings. The Morgan fingerprint density at radius 1 is 0.923 bits per heavy atom. The zero-order valence-electron chi connectivity index (χ0n) is 14.0. The number of rotatable bonds is 4. The van der Waals surface area contributed by atoms with E-state index in [9.17, 15) is 14.4 Å². The Morgan fingerprint density at radius 3 is 2.31 bits per heavy atom. The quantitative estimate of drug-likeness (QED) is 0.523. The third-order valence-corrected chi connectivity index (χ3v) is 4.77. The molecule has 4 amide bonds. The fourth-order valence-electron chi connectivity index (χ4n) is 3.57. The fourth-order valence-corrected chi connectivity index (χ4v) is 3.57. The molecule has 6 nitrogen and oxygen atoms in total.